The summed E-state index contributed by atoms with van der Waals surface area (Å²) in [6.45, 7) is 0.387. The van der Waals surface area contributed by atoms with Gasteiger partial charge in [-0.25, -0.2) is 4.98 Å². The molecule has 0 aliphatic carbocycles. The SMILES string of the molecule is NCc1cncc(N)n1. The van der Waals surface area contributed by atoms with E-state index in [2.05, 4.69) is 9.97 Å². The second kappa shape index (κ2) is 2.41. The highest BCUT2D eigenvalue weighted by Crippen LogP contribution is 1.93. The van der Waals surface area contributed by atoms with Crippen molar-refractivity contribution in [1.82, 2.24) is 9.97 Å². The van der Waals surface area contributed by atoms with Crippen LogP contribution in [0.3, 0.4) is 0 Å². The van der Waals surface area contributed by atoms with Crippen molar-refractivity contribution in [1.29, 1.82) is 0 Å². The fraction of sp³-hybridized carbons (Fsp3) is 0.200. The minimum Gasteiger partial charge on any atom is -0.382 e. The van der Waals surface area contributed by atoms with Gasteiger partial charge in [-0.15, -0.1) is 0 Å². The number of hydrogen-bond acceptors (Lipinski definition) is 4. The summed E-state index contributed by atoms with van der Waals surface area (Å²) < 4.78 is 0. The Morgan fingerprint density at radius 3 is 2.67 bits per heavy atom. The summed E-state index contributed by atoms with van der Waals surface area (Å²) in [4.78, 5) is 7.67. The fourth-order valence-corrected chi connectivity index (χ4v) is 0.522. The Hall–Kier alpha value is -1.16. The second-order valence-electron chi connectivity index (χ2n) is 1.64. The number of aromatic nitrogens is 2. The first-order valence-electron chi connectivity index (χ1n) is 2.59. The largest absolute Gasteiger partial charge is 0.382 e. The van der Waals surface area contributed by atoms with E-state index < -0.39 is 0 Å². The van der Waals surface area contributed by atoms with Crippen LogP contribution >= 0.6 is 0 Å². The van der Waals surface area contributed by atoms with E-state index >= 15 is 0 Å². The van der Waals surface area contributed by atoms with Crippen LogP contribution in [0.5, 0.6) is 0 Å². The van der Waals surface area contributed by atoms with E-state index in [0.717, 1.165) is 5.69 Å². The molecule has 4 N–H and O–H groups in total. The van der Waals surface area contributed by atoms with E-state index in [1.165, 1.54) is 6.20 Å². The maximum atomic E-state index is 5.30. The van der Waals surface area contributed by atoms with Gasteiger partial charge in [0.2, 0.25) is 0 Å². The Kier molecular flexibility index (Phi) is 1.60. The zero-order chi connectivity index (χ0) is 6.69. The molecule has 1 aromatic rings. The summed E-state index contributed by atoms with van der Waals surface area (Å²) in [5, 5.41) is 0. The molecule has 0 aromatic carbocycles. The van der Waals surface area contributed by atoms with E-state index in [0.29, 0.717) is 12.4 Å². The molecule has 1 aromatic heterocycles. The molecule has 0 unspecified atom stereocenters. The van der Waals surface area contributed by atoms with E-state index in [9.17, 15) is 0 Å². The molecule has 0 radical (unpaired) electrons. The standard InChI is InChI=1S/C5H8N4/c6-1-4-2-8-3-5(7)9-4/h2-3H,1,6H2,(H2,7,9). The number of nitrogens with two attached hydrogens (primary N) is 2. The number of nitrogen functional groups attached to an aromatic ring is 1. The first kappa shape index (κ1) is 5.97. The van der Waals surface area contributed by atoms with Crippen LogP contribution in [0, 0.1) is 0 Å². The zero-order valence-corrected chi connectivity index (χ0v) is 4.91. The van der Waals surface area contributed by atoms with Crippen LogP contribution in [0.25, 0.3) is 0 Å². The Morgan fingerprint density at radius 2 is 2.22 bits per heavy atom. The van der Waals surface area contributed by atoms with Gasteiger partial charge < -0.3 is 11.5 Å². The molecule has 0 aliphatic rings. The summed E-state index contributed by atoms with van der Waals surface area (Å²) in [5.41, 5.74) is 11.3. The Balaban J connectivity index is 2.94. The minimum absolute atomic E-state index is 0.387. The summed E-state index contributed by atoms with van der Waals surface area (Å²) in [6, 6.07) is 0. The highest BCUT2D eigenvalue weighted by atomic mass is 14.9. The number of rotatable bonds is 1. The molecular weight excluding hydrogens is 116 g/mol. The Morgan fingerprint density at radius 1 is 1.44 bits per heavy atom. The van der Waals surface area contributed by atoms with E-state index in [4.69, 9.17) is 11.5 Å². The zero-order valence-electron chi connectivity index (χ0n) is 4.91. The third-order valence-corrected chi connectivity index (χ3v) is 0.912. The highest BCUT2D eigenvalue weighted by molar-refractivity contribution is 5.23. The smallest absolute Gasteiger partial charge is 0.142 e. The van der Waals surface area contributed by atoms with Gasteiger partial charge >= 0.3 is 0 Å². The molecule has 0 amide bonds. The van der Waals surface area contributed by atoms with Gasteiger partial charge in [0.15, 0.2) is 0 Å². The van der Waals surface area contributed by atoms with Gasteiger partial charge in [0.25, 0.3) is 0 Å². The van der Waals surface area contributed by atoms with Gasteiger partial charge in [-0.1, -0.05) is 0 Å². The van der Waals surface area contributed by atoms with E-state index in [1.807, 2.05) is 0 Å². The molecule has 0 spiro atoms. The van der Waals surface area contributed by atoms with Crippen LogP contribution in [0.4, 0.5) is 5.82 Å². The molecule has 1 rings (SSSR count). The first-order chi connectivity index (χ1) is 4.33. The van der Waals surface area contributed by atoms with Crippen LogP contribution in [0.1, 0.15) is 5.69 Å². The molecule has 1 heterocycles. The van der Waals surface area contributed by atoms with Crippen molar-refractivity contribution in [3.8, 4) is 0 Å². The molecule has 0 aliphatic heterocycles. The van der Waals surface area contributed by atoms with Crippen LogP contribution < -0.4 is 11.5 Å². The van der Waals surface area contributed by atoms with Crippen molar-refractivity contribution in [3.05, 3.63) is 18.1 Å². The molecule has 4 heteroatoms. The second-order valence-corrected chi connectivity index (χ2v) is 1.64. The molecule has 0 saturated heterocycles. The van der Waals surface area contributed by atoms with E-state index in [1.54, 1.807) is 6.20 Å². The quantitative estimate of drug-likeness (QED) is 0.530. The maximum absolute atomic E-state index is 5.30. The molecular formula is C5H8N4. The lowest BCUT2D eigenvalue weighted by molar-refractivity contribution is 0.969. The Bertz CT molecular complexity index is 198. The van der Waals surface area contributed by atoms with Crippen LogP contribution in [-0.4, -0.2) is 9.97 Å². The average molecular weight is 124 g/mol. The lowest BCUT2D eigenvalue weighted by Gasteiger charge is -1.93. The summed E-state index contributed by atoms with van der Waals surface area (Å²) >= 11 is 0. The van der Waals surface area contributed by atoms with E-state index in [-0.39, 0.29) is 0 Å². The van der Waals surface area contributed by atoms with Crippen molar-refractivity contribution in [3.63, 3.8) is 0 Å². The fourth-order valence-electron chi connectivity index (χ4n) is 0.522. The molecule has 9 heavy (non-hydrogen) atoms. The number of anilines is 1. The molecule has 0 fully saturated rings. The van der Waals surface area contributed by atoms with Gasteiger partial charge in [0, 0.05) is 12.7 Å². The lowest BCUT2D eigenvalue weighted by Crippen LogP contribution is -2.02. The summed E-state index contributed by atoms with van der Waals surface area (Å²) in [7, 11) is 0. The third-order valence-electron chi connectivity index (χ3n) is 0.912. The van der Waals surface area contributed by atoms with Gasteiger partial charge in [-0.05, 0) is 0 Å². The van der Waals surface area contributed by atoms with Gasteiger partial charge in [0.05, 0.1) is 11.9 Å². The normalized spacial score (nSPS) is 9.44. The van der Waals surface area contributed by atoms with Gasteiger partial charge in [-0.2, -0.15) is 0 Å². The maximum Gasteiger partial charge on any atom is 0.142 e. The van der Waals surface area contributed by atoms with Gasteiger partial charge in [-0.3, -0.25) is 4.98 Å². The van der Waals surface area contributed by atoms with Crippen molar-refractivity contribution in [2.24, 2.45) is 5.73 Å². The van der Waals surface area contributed by atoms with Crippen molar-refractivity contribution in [2.75, 3.05) is 5.73 Å². The number of nitrogens with zero attached hydrogens (tertiary/aromatic N) is 2. The summed E-state index contributed by atoms with van der Waals surface area (Å²) in [6.07, 6.45) is 3.08. The first-order valence-corrected chi connectivity index (χ1v) is 2.59. The van der Waals surface area contributed by atoms with Crippen LogP contribution in [-0.2, 0) is 6.54 Å². The highest BCUT2D eigenvalue weighted by Gasteiger charge is 1.89. The Labute approximate surface area is 52.9 Å². The predicted molar refractivity (Wildman–Crippen MR) is 34.3 cm³/mol. The molecule has 0 bridgehead atoms. The van der Waals surface area contributed by atoms with Crippen molar-refractivity contribution in [2.45, 2.75) is 6.54 Å². The van der Waals surface area contributed by atoms with Crippen LogP contribution in [0.15, 0.2) is 12.4 Å². The molecule has 0 saturated carbocycles. The van der Waals surface area contributed by atoms with Crippen molar-refractivity contribution >= 4 is 5.82 Å². The van der Waals surface area contributed by atoms with Gasteiger partial charge in [0.1, 0.15) is 5.82 Å². The van der Waals surface area contributed by atoms with Crippen molar-refractivity contribution < 1.29 is 0 Å². The monoisotopic (exact) mass is 124 g/mol. The number of hydrogen-bond donors (Lipinski definition) is 2. The van der Waals surface area contributed by atoms with Crippen LogP contribution in [0.2, 0.25) is 0 Å². The molecule has 0 atom stereocenters. The summed E-state index contributed by atoms with van der Waals surface area (Å²) in [5.74, 6) is 0.415. The lowest BCUT2D eigenvalue weighted by atomic mass is 10.4. The predicted octanol–water partition coefficient (Wildman–Crippen LogP) is -0.483. The third kappa shape index (κ3) is 1.36. The molecule has 48 valence electrons. The minimum atomic E-state index is 0.387. The topological polar surface area (TPSA) is 77.8 Å². The molecule has 4 nitrogen and oxygen atoms in total. The average Bonchev–Trinajstić information content (AvgIpc) is 1.88.